The number of thioether (sulfide) groups is 1. The molecule has 0 aliphatic rings. The molecule has 1 heterocycles. The van der Waals surface area contributed by atoms with Crippen LogP contribution in [0.4, 0.5) is 0 Å². The largest absolute Gasteiger partial charge is 0.333 e. The number of hydrogen-bond acceptors (Lipinski definition) is 2. The standard InChI is InChI=1S/C14H10Cl2N2S.ClH/c15-10-6-5-9(11(16)7-10)8-19-14-17-12-3-1-2-4-13(12)18-14;/h1-7H,8H2,(H,17,18);1H. The van der Waals surface area contributed by atoms with E-state index in [2.05, 4.69) is 9.97 Å². The number of nitrogens with one attached hydrogen (secondary N) is 1. The summed E-state index contributed by atoms with van der Waals surface area (Å²) in [7, 11) is 0. The number of nitrogens with zero attached hydrogens (tertiary/aromatic N) is 1. The average molecular weight is 346 g/mol. The van der Waals surface area contributed by atoms with Crippen molar-refractivity contribution in [3.8, 4) is 0 Å². The van der Waals surface area contributed by atoms with Crippen molar-refractivity contribution in [3.05, 3.63) is 58.1 Å². The number of halogens is 3. The number of imidazole rings is 1. The van der Waals surface area contributed by atoms with Crippen molar-refractivity contribution >= 4 is 58.4 Å². The van der Waals surface area contributed by atoms with Gasteiger partial charge >= 0.3 is 0 Å². The Bertz CT molecular complexity index is 694. The van der Waals surface area contributed by atoms with Crippen molar-refractivity contribution in [2.24, 2.45) is 0 Å². The van der Waals surface area contributed by atoms with E-state index in [4.69, 9.17) is 23.2 Å². The first-order chi connectivity index (χ1) is 9.22. The zero-order chi connectivity index (χ0) is 13.2. The third-order valence-electron chi connectivity index (χ3n) is 2.75. The molecule has 3 rings (SSSR count). The van der Waals surface area contributed by atoms with E-state index in [1.165, 1.54) is 0 Å². The van der Waals surface area contributed by atoms with E-state index in [0.29, 0.717) is 10.0 Å². The third kappa shape index (κ3) is 3.41. The molecule has 0 saturated carbocycles. The summed E-state index contributed by atoms with van der Waals surface area (Å²) < 4.78 is 0. The fraction of sp³-hybridized carbons (Fsp3) is 0.0714. The van der Waals surface area contributed by atoms with Crippen molar-refractivity contribution in [2.45, 2.75) is 10.9 Å². The fourth-order valence-corrected chi connectivity index (χ4v) is 3.23. The molecule has 0 unspecified atom stereocenters. The monoisotopic (exact) mass is 344 g/mol. The molecule has 104 valence electrons. The third-order valence-corrected chi connectivity index (χ3v) is 4.26. The molecule has 20 heavy (non-hydrogen) atoms. The summed E-state index contributed by atoms with van der Waals surface area (Å²) >= 11 is 13.6. The van der Waals surface area contributed by atoms with Gasteiger partial charge in [0.1, 0.15) is 0 Å². The van der Waals surface area contributed by atoms with Gasteiger partial charge in [-0.05, 0) is 29.8 Å². The Morgan fingerprint density at radius 2 is 1.90 bits per heavy atom. The lowest BCUT2D eigenvalue weighted by molar-refractivity contribution is 1.08. The highest BCUT2D eigenvalue weighted by Gasteiger charge is 2.05. The Morgan fingerprint density at radius 3 is 2.65 bits per heavy atom. The molecule has 3 aromatic rings. The lowest BCUT2D eigenvalue weighted by Gasteiger charge is -2.02. The van der Waals surface area contributed by atoms with Crippen LogP contribution in [0.3, 0.4) is 0 Å². The summed E-state index contributed by atoms with van der Waals surface area (Å²) in [6.45, 7) is 0. The van der Waals surface area contributed by atoms with E-state index < -0.39 is 0 Å². The van der Waals surface area contributed by atoms with Gasteiger partial charge in [-0.15, -0.1) is 12.4 Å². The average Bonchev–Trinajstić information content (AvgIpc) is 2.80. The number of aromatic nitrogens is 2. The van der Waals surface area contributed by atoms with Crippen LogP contribution in [0.5, 0.6) is 0 Å². The van der Waals surface area contributed by atoms with E-state index >= 15 is 0 Å². The quantitative estimate of drug-likeness (QED) is 0.627. The molecule has 1 N–H and O–H groups in total. The fourth-order valence-electron chi connectivity index (χ4n) is 1.78. The highest BCUT2D eigenvalue weighted by Crippen LogP contribution is 2.28. The lowest BCUT2D eigenvalue weighted by atomic mass is 10.2. The summed E-state index contributed by atoms with van der Waals surface area (Å²) in [5.41, 5.74) is 3.08. The first kappa shape index (κ1) is 15.5. The summed E-state index contributed by atoms with van der Waals surface area (Å²) in [6.07, 6.45) is 0. The number of para-hydroxylation sites is 2. The minimum Gasteiger partial charge on any atom is -0.333 e. The Hall–Kier alpha value is -0.870. The molecule has 0 atom stereocenters. The zero-order valence-electron chi connectivity index (χ0n) is 10.3. The van der Waals surface area contributed by atoms with E-state index in [1.807, 2.05) is 36.4 Å². The topological polar surface area (TPSA) is 28.7 Å². The van der Waals surface area contributed by atoms with Crippen LogP contribution in [-0.4, -0.2) is 9.97 Å². The Balaban J connectivity index is 0.00000147. The van der Waals surface area contributed by atoms with Crippen LogP contribution in [0.2, 0.25) is 10.0 Å². The van der Waals surface area contributed by atoms with Crippen molar-refractivity contribution in [3.63, 3.8) is 0 Å². The number of benzene rings is 2. The van der Waals surface area contributed by atoms with Crippen molar-refractivity contribution < 1.29 is 0 Å². The van der Waals surface area contributed by atoms with Crippen LogP contribution in [0.15, 0.2) is 47.6 Å². The number of fused-ring (bicyclic) bond motifs is 1. The molecular weight excluding hydrogens is 335 g/mol. The van der Waals surface area contributed by atoms with Crippen molar-refractivity contribution in [1.29, 1.82) is 0 Å². The number of hydrogen-bond donors (Lipinski definition) is 1. The molecule has 2 nitrogen and oxygen atoms in total. The predicted molar refractivity (Wildman–Crippen MR) is 89.4 cm³/mol. The molecule has 0 saturated heterocycles. The first-order valence-electron chi connectivity index (χ1n) is 5.74. The molecule has 1 aromatic heterocycles. The molecule has 0 amide bonds. The van der Waals surface area contributed by atoms with E-state index in [9.17, 15) is 0 Å². The molecule has 2 aromatic carbocycles. The smallest absolute Gasteiger partial charge is 0.166 e. The second-order valence-electron chi connectivity index (χ2n) is 4.08. The highest BCUT2D eigenvalue weighted by molar-refractivity contribution is 7.98. The number of H-pyrrole nitrogens is 1. The maximum absolute atomic E-state index is 6.15. The van der Waals surface area contributed by atoms with Gasteiger partial charge in [-0.1, -0.05) is 53.2 Å². The molecule has 0 aliphatic heterocycles. The maximum Gasteiger partial charge on any atom is 0.166 e. The molecule has 0 fully saturated rings. The second-order valence-corrected chi connectivity index (χ2v) is 5.89. The molecular formula is C14H11Cl3N2S. The van der Waals surface area contributed by atoms with Gasteiger partial charge in [-0.3, -0.25) is 0 Å². The number of rotatable bonds is 3. The van der Waals surface area contributed by atoms with Crippen LogP contribution in [-0.2, 0) is 5.75 Å². The summed E-state index contributed by atoms with van der Waals surface area (Å²) in [5, 5.41) is 2.24. The van der Waals surface area contributed by atoms with Crippen LogP contribution >= 0.6 is 47.4 Å². The van der Waals surface area contributed by atoms with Gasteiger partial charge in [0.25, 0.3) is 0 Å². The normalized spacial score (nSPS) is 10.5. The minimum atomic E-state index is 0. The molecule has 0 radical (unpaired) electrons. The van der Waals surface area contributed by atoms with Gasteiger partial charge in [0.15, 0.2) is 5.16 Å². The first-order valence-corrected chi connectivity index (χ1v) is 7.48. The molecule has 6 heteroatoms. The SMILES string of the molecule is Cl.Clc1ccc(CSc2nc3ccccc3[nH]2)c(Cl)c1. The van der Waals surface area contributed by atoms with Crippen LogP contribution in [0, 0.1) is 0 Å². The molecule has 0 bridgehead atoms. The van der Waals surface area contributed by atoms with Gasteiger partial charge < -0.3 is 4.98 Å². The van der Waals surface area contributed by atoms with E-state index in [0.717, 1.165) is 27.5 Å². The Labute approximate surface area is 137 Å². The van der Waals surface area contributed by atoms with Gasteiger partial charge in [0.05, 0.1) is 11.0 Å². The summed E-state index contributed by atoms with van der Waals surface area (Å²) in [5.74, 6) is 0.760. The van der Waals surface area contributed by atoms with Gasteiger partial charge in [0, 0.05) is 15.8 Å². The number of aromatic amines is 1. The predicted octanol–water partition coefficient (Wildman–Crippen LogP) is 5.58. The van der Waals surface area contributed by atoms with Gasteiger partial charge in [-0.25, -0.2) is 4.98 Å². The summed E-state index contributed by atoms with van der Waals surface area (Å²) in [4.78, 5) is 7.79. The maximum atomic E-state index is 6.15. The van der Waals surface area contributed by atoms with E-state index in [1.54, 1.807) is 17.8 Å². The molecule has 0 spiro atoms. The minimum absolute atomic E-state index is 0. The Morgan fingerprint density at radius 1 is 1.10 bits per heavy atom. The molecule has 0 aliphatic carbocycles. The van der Waals surface area contributed by atoms with Crippen LogP contribution in [0.25, 0.3) is 11.0 Å². The van der Waals surface area contributed by atoms with Crippen LogP contribution < -0.4 is 0 Å². The zero-order valence-corrected chi connectivity index (χ0v) is 13.4. The second kappa shape index (κ2) is 6.72. The van der Waals surface area contributed by atoms with Crippen LogP contribution in [0.1, 0.15) is 5.56 Å². The Kier molecular flexibility index (Phi) is 5.22. The highest BCUT2D eigenvalue weighted by atomic mass is 35.5. The van der Waals surface area contributed by atoms with Crippen molar-refractivity contribution in [2.75, 3.05) is 0 Å². The van der Waals surface area contributed by atoms with Crippen molar-refractivity contribution in [1.82, 2.24) is 9.97 Å². The van der Waals surface area contributed by atoms with Gasteiger partial charge in [0.2, 0.25) is 0 Å². The van der Waals surface area contributed by atoms with Gasteiger partial charge in [-0.2, -0.15) is 0 Å². The lowest BCUT2D eigenvalue weighted by Crippen LogP contribution is -1.83. The van der Waals surface area contributed by atoms with E-state index in [-0.39, 0.29) is 12.4 Å². The summed E-state index contributed by atoms with van der Waals surface area (Å²) in [6, 6.07) is 13.5.